The van der Waals surface area contributed by atoms with Crippen LogP contribution in [0.5, 0.6) is 0 Å². The van der Waals surface area contributed by atoms with Crippen molar-refractivity contribution in [2.24, 2.45) is 0 Å². The lowest BCUT2D eigenvalue weighted by Crippen LogP contribution is -2.32. The summed E-state index contributed by atoms with van der Waals surface area (Å²) >= 11 is 11.6. The van der Waals surface area contributed by atoms with Crippen LogP contribution in [0.2, 0.25) is 10.3 Å². The van der Waals surface area contributed by atoms with E-state index in [9.17, 15) is 4.79 Å². The molecule has 4 nitrogen and oxygen atoms in total. The summed E-state index contributed by atoms with van der Waals surface area (Å²) in [6, 6.07) is 10.6. The van der Waals surface area contributed by atoms with Crippen LogP contribution in [0.15, 0.2) is 36.4 Å². The van der Waals surface area contributed by atoms with Crippen molar-refractivity contribution in [2.45, 2.75) is 19.9 Å². The van der Waals surface area contributed by atoms with Gasteiger partial charge in [0.2, 0.25) is 5.91 Å². The van der Waals surface area contributed by atoms with Gasteiger partial charge in [-0.15, -0.1) is 0 Å². The Hall–Kier alpha value is -1.78. The third kappa shape index (κ3) is 4.34. The van der Waals surface area contributed by atoms with E-state index in [1.165, 1.54) is 0 Å². The predicted octanol–water partition coefficient (Wildman–Crippen LogP) is 4.14. The highest BCUT2D eigenvalue weighted by atomic mass is 35.5. The van der Waals surface area contributed by atoms with Gasteiger partial charge in [-0.3, -0.25) is 4.79 Å². The molecule has 0 saturated heterocycles. The number of anilines is 2. The maximum Gasteiger partial charge on any atom is 0.246 e. The van der Waals surface area contributed by atoms with Crippen LogP contribution in [-0.2, 0) is 4.79 Å². The molecule has 0 radical (unpaired) electrons. The number of rotatable bonds is 4. The first-order valence-electron chi connectivity index (χ1n) is 6.42. The van der Waals surface area contributed by atoms with Crippen molar-refractivity contribution < 1.29 is 4.79 Å². The Morgan fingerprint density at radius 3 is 2.67 bits per heavy atom. The van der Waals surface area contributed by atoms with Gasteiger partial charge in [-0.1, -0.05) is 35.3 Å². The Morgan fingerprint density at radius 2 is 2.00 bits per heavy atom. The molecule has 110 valence electrons. The SMILES string of the molecule is Cc1cccc(NC(C)C(=O)Nc2ccc(Cl)nc2Cl)c1. The summed E-state index contributed by atoms with van der Waals surface area (Å²) in [5, 5.41) is 6.30. The summed E-state index contributed by atoms with van der Waals surface area (Å²) in [5.41, 5.74) is 2.44. The number of pyridine rings is 1. The fraction of sp³-hybridized carbons (Fsp3) is 0.200. The average molecular weight is 324 g/mol. The Balaban J connectivity index is 2.02. The minimum absolute atomic E-state index is 0.165. The number of benzene rings is 1. The number of halogens is 2. The third-order valence-corrected chi connectivity index (χ3v) is 3.37. The topological polar surface area (TPSA) is 54.0 Å². The molecule has 2 rings (SSSR count). The number of nitrogens with one attached hydrogen (secondary N) is 2. The monoisotopic (exact) mass is 323 g/mol. The summed E-state index contributed by atoms with van der Waals surface area (Å²) in [5.74, 6) is -0.206. The van der Waals surface area contributed by atoms with Crippen molar-refractivity contribution in [3.8, 4) is 0 Å². The Bertz CT molecular complexity index is 661. The summed E-state index contributed by atoms with van der Waals surface area (Å²) in [7, 11) is 0. The number of carbonyl (C=O) groups is 1. The summed E-state index contributed by atoms with van der Waals surface area (Å²) in [6.45, 7) is 3.77. The van der Waals surface area contributed by atoms with E-state index in [1.54, 1.807) is 19.1 Å². The molecular weight excluding hydrogens is 309 g/mol. The van der Waals surface area contributed by atoms with Gasteiger partial charge in [0.15, 0.2) is 5.15 Å². The van der Waals surface area contributed by atoms with Crippen LogP contribution >= 0.6 is 23.2 Å². The zero-order valence-electron chi connectivity index (χ0n) is 11.7. The van der Waals surface area contributed by atoms with Gasteiger partial charge in [-0.25, -0.2) is 4.98 Å². The van der Waals surface area contributed by atoms with Crippen molar-refractivity contribution in [2.75, 3.05) is 10.6 Å². The van der Waals surface area contributed by atoms with E-state index >= 15 is 0 Å². The maximum absolute atomic E-state index is 12.1. The Morgan fingerprint density at radius 1 is 1.24 bits per heavy atom. The van der Waals surface area contributed by atoms with Crippen molar-refractivity contribution >= 4 is 40.5 Å². The third-order valence-electron chi connectivity index (χ3n) is 2.87. The lowest BCUT2D eigenvalue weighted by atomic mass is 10.2. The molecule has 2 aromatic rings. The zero-order valence-corrected chi connectivity index (χ0v) is 13.2. The van der Waals surface area contributed by atoms with Crippen LogP contribution in [0.1, 0.15) is 12.5 Å². The van der Waals surface area contributed by atoms with Gasteiger partial charge in [0.1, 0.15) is 11.2 Å². The van der Waals surface area contributed by atoms with E-state index in [2.05, 4.69) is 15.6 Å². The number of aryl methyl sites for hydroxylation is 1. The average Bonchev–Trinajstić information content (AvgIpc) is 2.41. The van der Waals surface area contributed by atoms with E-state index in [0.29, 0.717) is 5.69 Å². The fourth-order valence-corrected chi connectivity index (χ4v) is 2.19. The Labute approximate surface area is 133 Å². The molecule has 1 aromatic carbocycles. The standard InChI is InChI=1S/C15H15Cl2N3O/c1-9-4-3-5-11(8-9)18-10(2)15(21)19-12-6-7-13(16)20-14(12)17/h3-8,10,18H,1-2H3,(H,19,21). The summed E-state index contributed by atoms with van der Waals surface area (Å²) in [4.78, 5) is 16.0. The molecule has 1 heterocycles. The quantitative estimate of drug-likeness (QED) is 0.831. The summed E-state index contributed by atoms with van der Waals surface area (Å²) in [6.07, 6.45) is 0. The number of carbonyl (C=O) groups excluding carboxylic acids is 1. The van der Waals surface area contributed by atoms with Gasteiger partial charge in [0.25, 0.3) is 0 Å². The predicted molar refractivity (Wildman–Crippen MR) is 87.2 cm³/mol. The number of amides is 1. The van der Waals surface area contributed by atoms with Gasteiger partial charge in [-0.2, -0.15) is 0 Å². The molecule has 0 fully saturated rings. The zero-order chi connectivity index (χ0) is 15.4. The van der Waals surface area contributed by atoms with Gasteiger partial charge >= 0.3 is 0 Å². The lowest BCUT2D eigenvalue weighted by molar-refractivity contribution is -0.116. The van der Waals surface area contributed by atoms with Crippen molar-refractivity contribution in [1.29, 1.82) is 0 Å². The van der Waals surface area contributed by atoms with E-state index in [1.807, 2.05) is 31.2 Å². The van der Waals surface area contributed by atoms with Crippen molar-refractivity contribution in [1.82, 2.24) is 4.98 Å². The molecule has 1 atom stereocenters. The molecule has 1 unspecified atom stereocenters. The van der Waals surface area contributed by atoms with E-state index < -0.39 is 6.04 Å². The summed E-state index contributed by atoms with van der Waals surface area (Å²) < 4.78 is 0. The molecule has 0 spiro atoms. The van der Waals surface area contributed by atoms with Crippen LogP contribution in [0, 0.1) is 6.92 Å². The second-order valence-electron chi connectivity index (χ2n) is 4.70. The normalized spacial score (nSPS) is 11.8. The molecule has 0 bridgehead atoms. The second kappa shape index (κ2) is 6.78. The first-order valence-corrected chi connectivity index (χ1v) is 7.17. The Kier molecular flexibility index (Phi) is 5.04. The molecule has 0 aliphatic rings. The first kappa shape index (κ1) is 15.6. The van der Waals surface area contributed by atoms with Crippen LogP contribution in [-0.4, -0.2) is 16.9 Å². The highest BCUT2D eigenvalue weighted by molar-refractivity contribution is 6.34. The number of hydrogen-bond acceptors (Lipinski definition) is 3. The maximum atomic E-state index is 12.1. The van der Waals surface area contributed by atoms with Crippen LogP contribution in [0.4, 0.5) is 11.4 Å². The molecule has 21 heavy (non-hydrogen) atoms. The highest BCUT2D eigenvalue weighted by Gasteiger charge is 2.14. The van der Waals surface area contributed by atoms with E-state index in [4.69, 9.17) is 23.2 Å². The minimum atomic E-state index is -0.418. The molecule has 0 aliphatic heterocycles. The van der Waals surface area contributed by atoms with E-state index in [-0.39, 0.29) is 16.2 Å². The molecular formula is C15H15Cl2N3O. The smallest absolute Gasteiger partial charge is 0.246 e. The van der Waals surface area contributed by atoms with Gasteiger partial charge in [0.05, 0.1) is 5.69 Å². The van der Waals surface area contributed by atoms with Crippen molar-refractivity contribution in [3.05, 3.63) is 52.3 Å². The molecule has 2 N–H and O–H groups in total. The molecule has 0 aliphatic carbocycles. The fourth-order valence-electron chi connectivity index (χ4n) is 1.80. The number of nitrogens with zero attached hydrogens (tertiary/aromatic N) is 1. The molecule has 6 heteroatoms. The van der Waals surface area contributed by atoms with Gasteiger partial charge < -0.3 is 10.6 Å². The molecule has 1 aromatic heterocycles. The van der Waals surface area contributed by atoms with Crippen molar-refractivity contribution in [3.63, 3.8) is 0 Å². The largest absolute Gasteiger partial charge is 0.374 e. The lowest BCUT2D eigenvalue weighted by Gasteiger charge is -2.16. The highest BCUT2D eigenvalue weighted by Crippen LogP contribution is 2.22. The van der Waals surface area contributed by atoms with Gasteiger partial charge in [0, 0.05) is 5.69 Å². The van der Waals surface area contributed by atoms with Crippen LogP contribution in [0.25, 0.3) is 0 Å². The number of aromatic nitrogens is 1. The first-order chi connectivity index (χ1) is 9.95. The van der Waals surface area contributed by atoms with Crippen LogP contribution < -0.4 is 10.6 Å². The minimum Gasteiger partial charge on any atom is -0.374 e. The second-order valence-corrected chi connectivity index (χ2v) is 5.44. The van der Waals surface area contributed by atoms with Crippen LogP contribution in [0.3, 0.4) is 0 Å². The molecule has 1 amide bonds. The molecule has 0 saturated carbocycles. The van der Waals surface area contributed by atoms with Gasteiger partial charge in [-0.05, 0) is 43.7 Å². The van der Waals surface area contributed by atoms with E-state index in [0.717, 1.165) is 11.3 Å². The number of hydrogen-bond donors (Lipinski definition) is 2.